The van der Waals surface area contributed by atoms with E-state index < -0.39 is 0 Å². The van der Waals surface area contributed by atoms with Gasteiger partial charge in [-0.05, 0) is 55.8 Å². The molecule has 0 unspecified atom stereocenters. The summed E-state index contributed by atoms with van der Waals surface area (Å²) in [5, 5.41) is 5.25. The largest absolute Gasteiger partial charge is 0.493 e. The van der Waals surface area contributed by atoms with Crippen LogP contribution < -0.4 is 10.1 Å². The summed E-state index contributed by atoms with van der Waals surface area (Å²) >= 11 is 0. The number of rotatable bonds is 6. The van der Waals surface area contributed by atoms with Crippen LogP contribution in [0.4, 0.5) is 0 Å². The molecule has 1 atom stereocenters. The maximum Gasteiger partial charge on any atom is 0.255 e. The molecular formula is C20H26N2O2. The van der Waals surface area contributed by atoms with Crippen molar-refractivity contribution in [2.45, 2.75) is 32.7 Å². The highest BCUT2D eigenvalue weighted by molar-refractivity contribution is 6.01. The fraction of sp³-hybridized carbons (Fsp3) is 0.450. The van der Waals surface area contributed by atoms with E-state index in [1.165, 1.54) is 6.42 Å². The number of ether oxygens (including phenoxy) is 1. The minimum Gasteiger partial charge on any atom is -0.493 e. The molecule has 128 valence electrons. The van der Waals surface area contributed by atoms with Gasteiger partial charge in [-0.15, -0.1) is 0 Å². The van der Waals surface area contributed by atoms with E-state index in [1.54, 1.807) is 0 Å². The van der Waals surface area contributed by atoms with Gasteiger partial charge in [0.25, 0.3) is 5.91 Å². The number of amides is 1. The maximum atomic E-state index is 12.7. The van der Waals surface area contributed by atoms with Crippen molar-refractivity contribution in [3.05, 3.63) is 42.0 Å². The van der Waals surface area contributed by atoms with Gasteiger partial charge in [0, 0.05) is 12.6 Å². The summed E-state index contributed by atoms with van der Waals surface area (Å²) < 4.78 is 5.71. The Morgan fingerprint density at radius 2 is 2.00 bits per heavy atom. The van der Waals surface area contributed by atoms with Gasteiger partial charge in [-0.1, -0.05) is 31.2 Å². The van der Waals surface area contributed by atoms with Crippen LogP contribution in [0.5, 0.6) is 5.75 Å². The molecule has 2 aromatic rings. The number of hydrogen-bond donors (Lipinski definition) is 1. The summed E-state index contributed by atoms with van der Waals surface area (Å²) in [4.78, 5) is 15.2. The molecule has 1 N–H and O–H groups in total. The second kappa shape index (κ2) is 7.67. The number of carbonyl (C=O) groups is 1. The highest BCUT2D eigenvalue weighted by atomic mass is 16.5. The number of nitrogens with zero attached hydrogens (tertiary/aromatic N) is 1. The predicted molar refractivity (Wildman–Crippen MR) is 97.7 cm³/mol. The fourth-order valence-corrected chi connectivity index (χ4v) is 3.52. The van der Waals surface area contributed by atoms with E-state index in [9.17, 15) is 4.79 Å². The summed E-state index contributed by atoms with van der Waals surface area (Å²) in [5.74, 6) is 0.611. The smallest absolute Gasteiger partial charge is 0.255 e. The molecule has 0 bridgehead atoms. The number of benzene rings is 2. The standard InChI is InChI=1S/C20H26N2O2/c1-3-22-11-7-10-17(22)14-21-20(23)18-12-15-8-5-6-9-16(15)13-19(18)24-4-2/h5-6,8-9,12-13,17H,3-4,7,10-11,14H2,1-2H3,(H,21,23)/t17-/m0/s1. The SMILES string of the molecule is CCOc1cc2ccccc2cc1C(=O)NC[C@@H]1CCCN1CC. The molecule has 4 nitrogen and oxygen atoms in total. The van der Waals surface area contributed by atoms with Crippen molar-refractivity contribution in [3.63, 3.8) is 0 Å². The van der Waals surface area contributed by atoms with Crippen LogP contribution in [0.3, 0.4) is 0 Å². The zero-order valence-electron chi connectivity index (χ0n) is 14.5. The zero-order chi connectivity index (χ0) is 16.9. The minimum atomic E-state index is -0.0489. The van der Waals surface area contributed by atoms with Crippen molar-refractivity contribution in [1.29, 1.82) is 0 Å². The summed E-state index contributed by atoms with van der Waals surface area (Å²) in [6.45, 7) is 7.54. The summed E-state index contributed by atoms with van der Waals surface area (Å²) in [6, 6.07) is 12.4. The highest BCUT2D eigenvalue weighted by Gasteiger charge is 2.24. The Kier molecular flexibility index (Phi) is 5.36. The molecule has 1 saturated heterocycles. The van der Waals surface area contributed by atoms with Crippen LogP contribution in [-0.2, 0) is 0 Å². The van der Waals surface area contributed by atoms with Crippen molar-refractivity contribution < 1.29 is 9.53 Å². The van der Waals surface area contributed by atoms with Gasteiger partial charge >= 0.3 is 0 Å². The monoisotopic (exact) mass is 326 g/mol. The Morgan fingerprint density at radius 3 is 2.71 bits per heavy atom. The molecule has 0 aliphatic carbocycles. The zero-order valence-corrected chi connectivity index (χ0v) is 14.5. The quantitative estimate of drug-likeness (QED) is 0.884. The van der Waals surface area contributed by atoms with Crippen LogP contribution >= 0.6 is 0 Å². The van der Waals surface area contributed by atoms with Crippen LogP contribution in [-0.4, -0.2) is 43.1 Å². The number of fused-ring (bicyclic) bond motifs is 1. The second-order valence-electron chi connectivity index (χ2n) is 6.26. The number of likely N-dealkylation sites (N-methyl/N-ethyl adjacent to an activating group) is 1. The summed E-state index contributed by atoms with van der Waals surface area (Å²) in [7, 11) is 0. The third kappa shape index (κ3) is 3.54. The molecule has 0 radical (unpaired) electrons. The van der Waals surface area contributed by atoms with Gasteiger partial charge in [-0.2, -0.15) is 0 Å². The van der Waals surface area contributed by atoms with Gasteiger partial charge in [0.1, 0.15) is 5.75 Å². The fourth-order valence-electron chi connectivity index (χ4n) is 3.52. The van der Waals surface area contributed by atoms with E-state index in [0.717, 1.165) is 30.3 Å². The maximum absolute atomic E-state index is 12.7. The average Bonchev–Trinajstić information content (AvgIpc) is 3.07. The summed E-state index contributed by atoms with van der Waals surface area (Å²) in [5.41, 5.74) is 0.622. The van der Waals surface area contributed by atoms with Gasteiger partial charge < -0.3 is 10.1 Å². The lowest BCUT2D eigenvalue weighted by molar-refractivity contribution is 0.0938. The lowest BCUT2D eigenvalue weighted by Gasteiger charge is -2.23. The molecule has 1 heterocycles. The first-order valence-corrected chi connectivity index (χ1v) is 8.90. The van der Waals surface area contributed by atoms with Crippen LogP contribution in [0.15, 0.2) is 36.4 Å². The first kappa shape index (κ1) is 16.8. The molecule has 2 aromatic carbocycles. The van der Waals surface area contributed by atoms with Crippen molar-refractivity contribution >= 4 is 16.7 Å². The first-order chi connectivity index (χ1) is 11.7. The van der Waals surface area contributed by atoms with E-state index in [0.29, 0.717) is 30.5 Å². The molecule has 0 spiro atoms. The average molecular weight is 326 g/mol. The van der Waals surface area contributed by atoms with Gasteiger partial charge in [0.2, 0.25) is 0 Å². The van der Waals surface area contributed by atoms with E-state index in [-0.39, 0.29) is 5.91 Å². The molecule has 0 aromatic heterocycles. The highest BCUT2D eigenvalue weighted by Crippen LogP contribution is 2.26. The number of nitrogens with one attached hydrogen (secondary N) is 1. The molecule has 1 fully saturated rings. The van der Waals surface area contributed by atoms with Crippen LogP contribution in [0.1, 0.15) is 37.0 Å². The Balaban J connectivity index is 1.78. The van der Waals surface area contributed by atoms with Crippen LogP contribution in [0.25, 0.3) is 10.8 Å². The van der Waals surface area contributed by atoms with Crippen LogP contribution in [0, 0.1) is 0 Å². The van der Waals surface area contributed by atoms with E-state index in [1.807, 2.05) is 43.3 Å². The van der Waals surface area contributed by atoms with Gasteiger partial charge in [0.15, 0.2) is 0 Å². The number of carbonyl (C=O) groups excluding carboxylic acids is 1. The van der Waals surface area contributed by atoms with Crippen molar-refractivity contribution in [3.8, 4) is 5.75 Å². The Hall–Kier alpha value is -2.07. The second-order valence-corrected chi connectivity index (χ2v) is 6.26. The normalized spacial score (nSPS) is 18.0. The molecular weight excluding hydrogens is 300 g/mol. The van der Waals surface area contributed by atoms with Crippen molar-refractivity contribution in [2.24, 2.45) is 0 Å². The molecule has 24 heavy (non-hydrogen) atoms. The third-order valence-corrected chi connectivity index (χ3v) is 4.80. The molecule has 0 saturated carbocycles. The van der Waals surface area contributed by atoms with Crippen molar-refractivity contribution in [2.75, 3.05) is 26.2 Å². The minimum absolute atomic E-state index is 0.0489. The molecule has 4 heteroatoms. The lowest BCUT2D eigenvalue weighted by Crippen LogP contribution is -2.40. The lowest BCUT2D eigenvalue weighted by atomic mass is 10.1. The van der Waals surface area contributed by atoms with Gasteiger partial charge in [0.05, 0.1) is 12.2 Å². The number of likely N-dealkylation sites (tertiary alicyclic amines) is 1. The summed E-state index contributed by atoms with van der Waals surface area (Å²) in [6.07, 6.45) is 2.37. The molecule has 1 aliphatic rings. The van der Waals surface area contributed by atoms with Crippen molar-refractivity contribution in [1.82, 2.24) is 10.2 Å². The van der Waals surface area contributed by atoms with Crippen LogP contribution in [0.2, 0.25) is 0 Å². The molecule has 1 amide bonds. The van der Waals surface area contributed by atoms with E-state index in [4.69, 9.17) is 4.74 Å². The Morgan fingerprint density at radius 1 is 1.25 bits per heavy atom. The molecule has 3 rings (SSSR count). The predicted octanol–water partition coefficient (Wildman–Crippen LogP) is 3.45. The molecule has 1 aliphatic heterocycles. The Bertz CT molecular complexity index is 714. The number of hydrogen-bond acceptors (Lipinski definition) is 3. The van der Waals surface area contributed by atoms with Gasteiger partial charge in [-0.3, -0.25) is 9.69 Å². The van der Waals surface area contributed by atoms with E-state index >= 15 is 0 Å². The first-order valence-electron chi connectivity index (χ1n) is 8.90. The van der Waals surface area contributed by atoms with E-state index in [2.05, 4.69) is 17.1 Å². The topological polar surface area (TPSA) is 41.6 Å². The Labute approximate surface area is 143 Å². The van der Waals surface area contributed by atoms with Gasteiger partial charge in [-0.25, -0.2) is 0 Å². The third-order valence-electron chi connectivity index (χ3n) is 4.80.